The van der Waals surface area contributed by atoms with E-state index in [2.05, 4.69) is 21.3 Å². The third kappa shape index (κ3) is 6.43. The first-order chi connectivity index (χ1) is 15.0. The van der Waals surface area contributed by atoms with E-state index in [4.69, 9.17) is 0 Å². The second kappa shape index (κ2) is 10.6. The van der Waals surface area contributed by atoms with Crippen LogP contribution < -0.4 is 21.3 Å². The van der Waals surface area contributed by atoms with E-state index in [1.807, 2.05) is 37.3 Å². The number of aryl methyl sites for hydroxylation is 1. The van der Waals surface area contributed by atoms with Crippen molar-refractivity contribution < 1.29 is 14.4 Å². The summed E-state index contributed by atoms with van der Waals surface area (Å²) in [6.07, 6.45) is 0. The fraction of sp³-hybridized carbons (Fsp3) is 0.125. The number of hydrogen-bond donors (Lipinski definition) is 4. The van der Waals surface area contributed by atoms with Crippen LogP contribution in [-0.2, 0) is 0 Å². The van der Waals surface area contributed by atoms with Gasteiger partial charge in [-0.2, -0.15) is 0 Å². The van der Waals surface area contributed by atoms with Crippen molar-refractivity contribution in [3.05, 3.63) is 95.6 Å². The van der Waals surface area contributed by atoms with Crippen molar-refractivity contribution in [2.24, 2.45) is 0 Å². The number of amides is 4. The van der Waals surface area contributed by atoms with Crippen LogP contribution >= 0.6 is 0 Å². The number of benzene rings is 3. The minimum Gasteiger partial charge on any atom is -0.350 e. The van der Waals surface area contributed by atoms with Gasteiger partial charge >= 0.3 is 6.03 Å². The van der Waals surface area contributed by atoms with Crippen LogP contribution in [0.4, 0.5) is 16.2 Å². The molecule has 4 N–H and O–H groups in total. The first kappa shape index (κ1) is 21.6. The Bertz CT molecular complexity index is 1050. The topological polar surface area (TPSA) is 99.3 Å². The minimum atomic E-state index is -0.361. The van der Waals surface area contributed by atoms with E-state index in [0.29, 0.717) is 29.9 Å². The Balaban J connectivity index is 1.42. The van der Waals surface area contributed by atoms with Gasteiger partial charge in [0.05, 0.1) is 0 Å². The third-order valence-electron chi connectivity index (χ3n) is 4.53. The highest BCUT2D eigenvalue weighted by Crippen LogP contribution is 2.14. The van der Waals surface area contributed by atoms with Crippen LogP contribution in [0.2, 0.25) is 0 Å². The molecule has 7 nitrogen and oxygen atoms in total. The van der Waals surface area contributed by atoms with Crippen LogP contribution in [0.1, 0.15) is 26.3 Å². The Morgan fingerprint density at radius 1 is 0.645 bits per heavy atom. The van der Waals surface area contributed by atoms with Gasteiger partial charge in [-0.05, 0) is 55.0 Å². The number of anilines is 2. The summed E-state index contributed by atoms with van der Waals surface area (Å²) in [6.45, 7) is 2.53. The van der Waals surface area contributed by atoms with E-state index in [0.717, 1.165) is 11.3 Å². The highest BCUT2D eigenvalue weighted by molar-refractivity contribution is 6.01. The fourth-order valence-corrected chi connectivity index (χ4v) is 2.85. The molecule has 4 amide bonds. The second-order valence-electron chi connectivity index (χ2n) is 6.85. The normalized spacial score (nSPS) is 10.1. The van der Waals surface area contributed by atoms with Crippen LogP contribution in [0, 0.1) is 6.92 Å². The monoisotopic (exact) mass is 416 g/mol. The van der Waals surface area contributed by atoms with Gasteiger partial charge in [-0.3, -0.25) is 9.59 Å². The SMILES string of the molecule is Cc1ccccc1NC(=O)Nc1ccc(C(=O)NCCNC(=O)c2ccccc2)cc1. The highest BCUT2D eigenvalue weighted by Gasteiger charge is 2.08. The molecule has 7 heteroatoms. The van der Waals surface area contributed by atoms with Crippen molar-refractivity contribution in [3.63, 3.8) is 0 Å². The summed E-state index contributed by atoms with van der Waals surface area (Å²) in [6, 6.07) is 22.6. The lowest BCUT2D eigenvalue weighted by atomic mass is 10.2. The zero-order valence-corrected chi connectivity index (χ0v) is 17.1. The number of carbonyl (C=O) groups excluding carboxylic acids is 3. The van der Waals surface area contributed by atoms with Gasteiger partial charge in [0.2, 0.25) is 0 Å². The molecule has 0 aliphatic carbocycles. The maximum atomic E-state index is 12.2. The average molecular weight is 416 g/mol. The summed E-state index contributed by atoms with van der Waals surface area (Å²) in [7, 11) is 0. The van der Waals surface area contributed by atoms with Crippen molar-refractivity contribution in [2.45, 2.75) is 6.92 Å². The van der Waals surface area contributed by atoms with Crippen molar-refractivity contribution >= 4 is 29.2 Å². The first-order valence-corrected chi connectivity index (χ1v) is 9.88. The molecule has 0 atom stereocenters. The van der Waals surface area contributed by atoms with Gasteiger partial charge in [-0.25, -0.2) is 4.79 Å². The average Bonchev–Trinajstić information content (AvgIpc) is 2.79. The standard InChI is InChI=1S/C24H24N4O3/c1-17-7-5-6-10-21(17)28-24(31)27-20-13-11-19(12-14-20)23(30)26-16-15-25-22(29)18-8-3-2-4-9-18/h2-14H,15-16H2,1H3,(H,25,29)(H,26,30)(H2,27,28,31). The largest absolute Gasteiger partial charge is 0.350 e. The van der Waals surface area contributed by atoms with Crippen molar-refractivity contribution in [1.82, 2.24) is 10.6 Å². The number of para-hydroxylation sites is 1. The summed E-state index contributed by atoms with van der Waals surface area (Å²) in [4.78, 5) is 36.4. The zero-order valence-electron chi connectivity index (χ0n) is 17.1. The Morgan fingerprint density at radius 2 is 1.19 bits per heavy atom. The Hall–Kier alpha value is -4.13. The number of hydrogen-bond acceptors (Lipinski definition) is 3. The maximum Gasteiger partial charge on any atom is 0.323 e. The smallest absolute Gasteiger partial charge is 0.323 e. The van der Waals surface area contributed by atoms with Crippen LogP contribution in [0.5, 0.6) is 0 Å². The lowest BCUT2D eigenvalue weighted by Gasteiger charge is -2.10. The first-order valence-electron chi connectivity index (χ1n) is 9.88. The van der Waals surface area contributed by atoms with E-state index in [1.54, 1.807) is 48.5 Å². The van der Waals surface area contributed by atoms with Gasteiger partial charge in [0.25, 0.3) is 11.8 Å². The Morgan fingerprint density at radius 3 is 1.81 bits per heavy atom. The van der Waals surface area contributed by atoms with Crippen molar-refractivity contribution in [1.29, 1.82) is 0 Å². The van der Waals surface area contributed by atoms with Crippen LogP contribution in [0.3, 0.4) is 0 Å². The van der Waals surface area contributed by atoms with E-state index < -0.39 is 0 Å². The molecule has 158 valence electrons. The summed E-state index contributed by atoms with van der Waals surface area (Å²) in [5.41, 5.74) is 3.29. The molecule has 0 heterocycles. The molecular weight excluding hydrogens is 392 g/mol. The molecule has 0 spiro atoms. The lowest BCUT2D eigenvalue weighted by molar-refractivity contribution is 0.0927. The molecule has 31 heavy (non-hydrogen) atoms. The summed E-state index contributed by atoms with van der Waals surface area (Å²) >= 11 is 0. The lowest BCUT2D eigenvalue weighted by Crippen LogP contribution is -2.34. The molecule has 3 rings (SSSR count). The molecule has 3 aromatic carbocycles. The molecule has 0 aliphatic rings. The number of urea groups is 1. The van der Waals surface area contributed by atoms with E-state index >= 15 is 0 Å². The van der Waals surface area contributed by atoms with E-state index in [-0.39, 0.29) is 17.8 Å². The van der Waals surface area contributed by atoms with Gasteiger partial charge in [-0.15, -0.1) is 0 Å². The van der Waals surface area contributed by atoms with E-state index in [9.17, 15) is 14.4 Å². The number of rotatable bonds is 7. The number of carbonyl (C=O) groups is 3. The van der Waals surface area contributed by atoms with Crippen LogP contribution in [0.25, 0.3) is 0 Å². The summed E-state index contributed by atoms with van der Waals surface area (Å²) in [5.74, 6) is -0.445. The fourth-order valence-electron chi connectivity index (χ4n) is 2.85. The van der Waals surface area contributed by atoms with Gasteiger partial charge in [-0.1, -0.05) is 36.4 Å². The Kier molecular flexibility index (Phi) is 7.37. The predicted molar refractivity (Wildman–Crippen MR) is 121 cm³/mol. The quantitative estimate of drug-likeness (QED) is 0.441. The van der Waals surface area contributed by atoms with Gasteiger partial charge in [0.15, 0.2) is 0 Å². The molecular formula is C24H24N4O3. The second-order valence-corrected chi connectivity index (χ2v) is 6.85. The van der Waals surface area contributed by atoms with Crippen molar-refractivity contribution in [3.8, 4) is 0 Å². The highest BCUT2D eigenvalue weighted by atomic mass is 16.2. The molecule has 0 saturated carbocycles. The maximum absolute atomic E-state index is 12.2. The molecule has 0 saturated heterocycles. The molecule has 0 fully saturated rings. The number of nitrogens with one attached hydrogen (secondary N) is 4. The zero-order chi connectivity index (χ0) is 22.1. The molecule has 0 bridgehead atoms. The summed E-state index contributed by atoms with van der Waals surface area (Å²) < 4.78 is 0. The molecule has 0 radical (unpaired) electrons. The van der Waals surface area contributed by atoms with Crippen LogP contribution in [0.15, 0.2) is 78.9 Å². The van der Waals surface area contributed by atoms with Gasteiger partial charge in [0, 0.05) is 35.6 Å². The third-order valence-corrected chi connectivity index (χ3v) is 4.53. The molecule has 0 aromatic heterocycles. The van der Waals surface area contributed by atoms with Gasteiger partial charge in [0.1, 0.15) is 0 Å². The Labute approximate surface area is 180 Å². The molecule has 0 aliphatic heterocycles. The molecule has 3 aromatic rings. The van der Waals surface area contributed by atoms with Crippen molar-refractivity contribution in [2.75, 3.05) is 23.7 Å². The minimum absolute atomic E-state index is 0.186. The summed E-state index contributed by atoms with van der Waals surface area (Å²) in [5, 5.41) is 11.0. The molecule has 0 unspecified atom stereocenters. The van der Waals surface area contributed by atoms with Gasteiger partial charge < -0.3 is 21.3 Å². The predicted octanol–water partition coefficient (Wildman–Crippen LogP) is 3.80. The van der Waals surface area contributed by atoms with Crippen LogP contribution in [-0.4, -0.2) is 30.9 Å². The van der Waals surface area contributed by atoms with E-state index in [1.165, 1.54) is 0 Å².